The average Bonchev–Trinajstić information content (AvgIpc) is 3.43. The fraction of sp³-hybridized carbons (Fsp3) is 0.333. The average molecular weight is 462 g/mol. The number of fused-ring (bicyclic) bond motifs is 3. The third-order valence-corrected chi connectivity index (χ3v) is 6.40. The van der Waals surface area contributed by atoms with Gasteiger partial charge in [-0.15, -0.1) is 0 Å². The van der Waals surface area contributed by atoms with Crippen LogP contribution >= 0.6 is 0 Å². The fourth-order valence-electron chi connectivity index (χ4n) is 4.64. The van der Waals surface area contributed by atoms with E-state index in [9.17, 15) is 0 Å². The van der Waals surface area contributed by atoms with Gasteiger partial charge in [-0.25, -0.2) is 19.0 Å². The van der Waals surface area contributed by atoms with Gasteiger partial charge in [-0.1, -0.05) is 5.16 Å². The van der Waals surface area contributed by atoms with Crippen LogP contribution in [0.5, 0.6) is 5.75 Å². The molecule has 1 fully saturated rings. The van der Waals surface area contributed by atoms with Crippen molar-refractivity contribution in [3.05, 3.63) is 40.9 Å². The van der Waals surface area contributed by atoms with Crippen molar-refractivity contribution in [3.8, 4) is 16.9 Å². The van der Waals surface area contributed by atoms with E-state index in [2.05, 4.69) is 30.5 Å². The summed E-state index contributed by atoms with van der Waals surface area (Å²) < 4.78 is 27.8. The Kier molecular flexibility index (Phi) is 4.42. The summed E-state index contributed by atoms with van der Waals surface area (Å²) in [6.45, 7) is 5.58. The molecule has 6 rings (SSSR count). The van der Waals surface area contributed by atoms with Crippen molar-refractivity contribution >= 4 is 33.6 Å². The van der Waals surface area contributed by atoms with Crippen LogP contribution in [0, 0.1) is 26.6 Å². The van der Waals surface area contributed by atoms with E-state index in [0.717, 1.165) is 46.0 Å². The zero-order valence-electron chi connectivity index (χ0n) is 19.6. The van der Waals surface area contributed by atoms with E-state index >= 15 is 4.39 Å². The number of methoxy groups -OCH3 is 1. The first-order valence-corrected chi connectivity index (χ1v) is 11.2. The first-order valence-electron chi connectivity index (χ1n) is 11.2. The van der Waals surface area contributed by atoms with Crippen molar-refractivity contribution in [2.24, 2.45) is 7.05 Å². The van der Waals surface area contributed by atoms with Crippen molar-refractivity contribution in [2.45, 2.75) is 39.5 Å². The van der Waals surface area contributed by atoms with Crippen molar-refractivity contribution in [1.29, 1.82) is 0 Å². The van der Waals surface area contributed by atoms with Crippen LogP contribution in [0.4, 0.5) is 16.0 Å². The van der Waals surface area contributed by atoms with Gasteiger partial charge in [-0.3, -0.25) is 0 Å². The Morgan fingerprint density at radius 2 is 2.00 bits per heavy atom. The number of aromatic nitrogens is 6. The molecule has 34 heavy (non-hydrogen) atoms. The number of nitrogens with one attached hydrogen (secondary N) is 2. The normalized spacial score (nSPS) is 13.8. The Labute approximate surface area is 194 Å². The molecule has 2 N–H and O–H groups in total. The molecule has 174 valence electrons. The number of halogens is 1. The molecule has 9 nitrogen and oxygen atoms in total. The Morgan fingerprint density at radius 1 is 1.21 bits per heavy atom. The highest BCUT2D eigenvalue weighted by Gasteiger charge is 2.32. The SMILES string of the molecule is COc1cc2c(cc1-c1c(C)noc1C)[nH]c1nc(C)nc(Nc3c(F)c(C4CC4)nn3C)c12. The zero-order valence-corrected chi connectivity index (χ0v) is 19.6. The minimum atomic E-state index is -0.326. The quantitative estimate of drug-likeness (QED) is 0.371. The number of rotatable bonds is 5. The van der Waals surface area contributed by atoms with Gasteiger partial charge in [-0.05, 0) is 45.7 Å². The van der Waals surface area contributed by atoms with Gasteiger partial charge in [0, 0.05) is 29.4 Å². The van der Waals surface area contributed by atoms with Crippen molar-refractivity contribution in [2.75, 3.05) is 12.4 Å². The lowest BCUT2D eigenvalue weighted by molar-refractivity contribution is 0.393. The lowest BCUT2D eigenvalue weighted by Crippen LogP contribution is -2.04. The summed E-state index contributed by atoms with van der Waals surface area (Å²) in [5.74, 6) is 2.60. The minimum Gasteiger partial charge on any atom is -0.496 e. The first-order chi connectivity index (χ1) is 16.4. The second-order valence-electron chi connectivity index (χ2n) is 8.84. The minimum absolute atomic E-state index is 0.203. The smallest absolute Gasteiger partial charge is 0.188 e. The summed E-state index contributed by atoms with van der Waals surface area (Å²) in [6.07, 6.45) is 1.94. The second kappa shape index (κ2) is 7.28. The maximum atomic E-state index is 15.2. The molecule has 0 radical (unpaired) electrons. The standard InChI is InChI=1S/C24H24FN7O2/c1-10-18(11(2)34-31-10)15-8-16-14(9-17(15)33-5)19-22(28-16)26-12(3)27-23(19)29-24-20(25)21(13-6-7-13)30-32(24)4/h8-9,13H,6-7H2,1-5H3,(H2,26,27,28,29). The zero-order chi connectivity index (χ0) is 23.7. The monoisotopic (exact) mass is 461 g/mol. The largest absolute Gasteiger partial charge is 0.496 e. The number of anilines is 2. The molecule has 10 heteroatoms. The number of aromatic amines is 1. The summed E-state index contributed by atoms with van der Waals surface area (Å²) >= 11 is 0. The molecule has 4 heterocycles. The van der Waals surface area contributed by atoms with Gasteiger partial charge in [0.25, 0.3) is 0 Å². The van der Waals surface area contributed by atoms with Crippen LogP contribution in [-0.2, 0) is 7.05 Å². The molecule has 1 saturated carbocycles. The fourth-order valence-corrected chi connectivity index (χ4v) is 4.64. The van der Waals surface area contributed by atoms with E-state index in [4.69, 9.17) is 9.26 Å². The molecular formula is C24H24FN7O2. The van der Waals surface area contributed by atoms with E-state index < -0.39 is 0 Å². The Balaban J connectivity index is 1.56. The molecule has 1 aliphatic carbocycles. The van der Waals surface area contributed by atoms with Gasteiger partial charge in [0.05, 0.1) is 23.8 Å². The van der Waals surface area contributed by atoms with E-state index in [1.165, 1.54) is 4.68 Å². The van der Waals surface area contributed by atoms with Gasteiger partial charge in [-0.2, -0.15) is 5.10 Å². The lowest BCUT2D eigenvalue weighted by atomic mass is 10.0. The maximum Gasteiger partial charge on any atom is 0.188 e. The molecule has 0 bridgehead atoms. The molecule has 0 saturated heterocycles. The summed E-state index contributed by atoms with van der Waals surface area (Å²) in [4.78, 5) is 12.6. The predicted molar refractivity (Wildman–Crippen MR) is 126 cm³/mol. The van der Waals surface area contributed by atoms with Crippen molar-refractivity contribution in [1.82, 2.24) is 29.9 Å². The van der Waals surface area contributed by atoms with Gasteiger partial charge in [0.2, 0.25) is 0 Å². The van der Waals surface area contributed by atoms with E-state index in [0.29, 0.717) is 34.5 Å². The second-order valence-corrected chi connectivity index (χ2v) is 8.84. The lowest BCUT2D eigenvalue weighted by Gasteiger charge is -2.10. The Bertz CT molecular complexity index is 1570. The maximum absolute atomic E-state index is 15.2. The molecule has 0 atom stereocenters. The van der Waals surface area contributed by atoms with E-state index in [1.807, 2.05) is 26.0 Å². The van der Waals surface area contributed by atoms with Crippen LogP contribution < -0.4 is 10.1 Å². The molecule has 0 spiro atoms. The summed E-state index contributed by atoms with van der Waals surface area (Å²) in [5.41, 5.74) is 4.54. The van der Waals surface area contributed by atoms with Crippen LogP contribution in [0.25, 0.3) is 33.1 Å². The van der Waals surface area contributed by atoms with Crippen LogP contribution in [0.2, 0.25) is 0 Å². The predicted octanol–water partition coefficient (Wildman–Crippen LogP) is 5.19. The molecule has 4 aromatic heterocycles. The summed E-state index contributed by atoms with van der Waals surface area (Å²) in [5, 5.41) is 13.3. The summed E-state index contributed by atoms with van der Waals surface area (Å²) in [6, 6.07) is 3.94. The number of ether oxygens (including phenoxy) is 1. The highest BCUT2D eigenvalue weighted by atomic mass is 19.1. The number of hydrogen-bond donors (Lipinski definition) is 2. The molecular weight excluding hydrogens is 437 g/mol. The van der Waals surface area contributed by atoms with Gasteiger partial charge >= 0.3 is 0 Å². The summed E-state index contributed by atoms with van der Waals surface area (Å²) in [7, 11) is 3.36. The molecule has 0 aliphatic heterocycles. The number of benzene rings is 1. The van der Waals surface area contributed by atoms with Crippen LogP contribution in [-0.4, -0.2) is 37.0 Å². The van der Waals surface area contributed by atoms with Gasteiger partial charge in [0.1, 0.15) is 34.5 Å². The van der Waals surface area contributed by atoms with E-state index in [-0.39, 0.29) is 17.6 Å². The van der Waals surface area contributed by atoms with Crippen molar-refractivity contribution in [3.63, 3.8) is 0 Å². The molecule has 5 aromatic rings. The van der Waals surface area contributed by atoms with Crippen LogP contribution in [0.1, 0.15) is 41.7 Å². The number of hydrogen-bond acceptors (Lipinski definition) is 7. The number of aryl methyl sites for hydroxylation is 4. The van der Waals surface area contributed by atoms with E-state index in [1.54, 1.807) is 21.1 Å². The third-order valence-electron chi connectivity index (χ3n) is 6.40. The highest BCUT2D eigenvalue weighted by molar-refractivity contribution is 6.13. The Hall–Kier alpha value is -3.95. The topological polar surface area (TPSA) is 107 Å². The van der Waals surface area contributed by atoms with Gasteiger partial charge in [0.15, 0.2) is 11.6 Å². The van der Waals surface area contributed by atoms with Crippen LogP contribution in [0.15, 0.2) is 16.7 Å². The first kappa shape index (κ1) is 20.6. The van der Waals surface area contributed by atoms with Crippen LogP contribution in [0.3, 0.4) is 0 Å². The Morgan fingerprint density at radius 3 is 2.68 bits per heavy atom. The molecule has 1 aromatic carbocycles. The van der Waals surface area contributed by atoms with Crippen molar-refractivity contribution < 1.29 is 13.7 Å². The molecule has 1 aliphatic rings. The highest BCUT2D eigenvalue weighted by Crippen LogP contribution is 2.43. The third kappa shape index (κ3) is 3.05. The number of H-pyrrole nitrogens is 1. The molecule has 0 amide bonds. The molecule has 0 unspecified atom stereocenters. The van der Waals surface area contributed by atoms with Gasteiger partial charge < -0.3 is 19.6 Å². The number of nitrogens with zero attached hydrogens (tertiary/aromatic N) is 5.